The zero-order valence-electron chi connectivity index (χ0n) is 8.25. The average molecular weight is 223 g/mol. The van der Waals surface area contributed by atoms with Crippen LogP contribution in [0.4, 0.5) is 4.79 Å². The highest BCUT2D eigenvalue weighted by molar-refractivity contribution is 6.13. The first-order valence-corrected chi connectivity index (χ1v) is 4.41. The molecule has 0 radical (unpaired) electrons. The van der Waals surface area contributed by atoms with E-state index in [0.29, 0.717) is 5.71 Å². The van der Waals surface area contributed by atoms with Crippen LogP contribution in [0.3, 0.4) is 0 Å². The standard InChI is InChI=1S/C9H7N2O5/c1-10-7-3-2-5(11(14)15)4-6(7)8(12)16-9(10)13/h2-4,6H,1H3/q+1. The number of rotatable bonds is 1. The molecule has 1 amide bonds. The lowest BCUT2D eigenvalue weighted by atomic mass is 9.96. The quantitative estimate of drug-likeness (QED) is 0.206. The van der Waals surface area contributed by atoms with E-state index in [2.05, 4.69) is 4.74 Å². The van der Waals surface area contributed by atoms with Crippen LogP contribution in [0.25, 0.3) is 0 Å². The molecule has 0 bridgehead atoms. The van der Waals surface area contributed by atoms with Gasteiger partial charge in [-0.2, -0.15) is 4.79 Å². The van der Waals surface area contributed by atoms with E-state index >= 15 is 0 Å². The van der Waals surface area contributed by atoms with Gasteiger partial charge in [0.1, 0.15) is 7.05 Å². The Balaban J connectivity index is 2.50. The fourth-order valence-electron chi connectivity index (χ4n) is 1.54. The van der Waals surface area contributed by atoms with Crippen molar-refractivity contribution in [2.24, 2.45) is 5.92 Å². The van der Waals surface area contributed by atoms with Crippen LogP contribution in [-0.2, 0) is 9.53 Å². The molecule has 7 nitrogen and oxygen atoms in total. The molecule has 7 heteroatoms. The van der Waals surface area contributed by atoms with E-state index in [4.69, 9.17) is 0 Å². The van der Waals surface area contributed by atoms with Crippen molar-refractivity contribution in [2.45, 2.75) is 0 Å². The lowest BCUT2D eigenvalue weighted by Gasteiger charge is -2.15. The van der Waals surface area contributed by atoms with Gasteiger partial charge in [-0.1, -0.05) is 0 Å². The molecule has 2 aliphatic rings. The number of ether oxygens (including phenoxy) is 1. The zero-order valence-corrected chi connectivity index (χ0v) is 8.25. The summed E-state index contributed by atoms with van der Waals surface area (Å²) in [6.45, 7) is 0. The van der Waals surface area contributed by atoms with Gasteiger partial charge in [-0.25, -0.2) is 0 Å². The summed E-state index contributed by atoms with van der Waals surface area (Å²) < 4.78 is 5.57. The van der Waals surface area contributed by atoms with Crippen molar-refractivity contribution in [1.82, 2.24) is 0 Å². The van der Waals surface area contributed by atoms with E-state index in [1.165, 1.54) is 25.3 Å². The number of hydrogen-bond donors (Lipinski definition) is 0. The predicted molar refractivity (Wildman–Crippen MR) is 50.4 cm³/mol. The van der Waals surface area contributed by atoms with Crippen molar-refractivity contribution in [2.75, 3.05) is 7.05 Å². The van der Waals surface area contributed by atoms with E-state index in [1.807, 2.05) is 0 Å². The summed E-state index contributed by atoms with van der Waals surface area (Å²) in [4.78, 5) is 32.4. The SMILES string of the molecule is C[N+]1=C2C=CC([N+](=O)[O-])=CC2C(=O)OC1=O. The number of nitrogens with zero attached hydrogens (tertiary/aromatic N) is 2. The Morgan fingerprint density at radius 3 is 2.75 bits per heavy atom. The number of carbonyl (C=O) groups excluding carboxylic acids is 2. The first-order valence-electron chi connectivity index (χ1n) is 4.41. The van der Waals surface area contributed by atoms with Crippen molar-refractivity contribution < 1.29 is 23.8 Å². The van der Waals surface area contributed by atoms with Gasteiger partial charge in [0, 0.05) is 18.2 Å². The van der Waals surface area contributed by atoms with Crippen LogP contribution < -0.4 is 0 Å². The van der Waals surface area contributed by atoms with E-state index in [1.54, 1.807) is 0 Å². The first-order chi connectivity index (χ1) is 7.50. The highest BCUT2D eigenvalue weighted by Crippen LogP contribution is 2.20. The van der Waals surface area contributed by atoms with Crippen molar-refractivity contribution in [3.63, 3.8) is 0 Å². The third-order valence-electron chi connectivity index (χ3n) is 2.39. The number of allylic oxidation sites excluding steroid dienone is 2. The molecule has 0 aromatic heterocycles. The normalized spacial score (nSPS) is 23.8. The van der Waals surface area contributed by atoms with E-state index in [9.17, 15) is 19.7 Å². The van der Waals surface area contributed by atoms with E-state index < -0.39 is 22.9 Å². The zero-order chi connectivity index (χ0) is 11.9. The van der Waals surface area contributed by atoms with Crippen LogP contribution in [0.1, 0.15) is 0 Å². The Morgan fingerprint density at radius 2 is 2.12 bits per heavy atom. The molecule has 0 fully saturated rings. The third-order valence-corrected chi connectivity index (χ3v) is 2.39. The van der Waals surface area contributed by atoms with Crippen molar-refractivity contribution in [3.8, 4) is 0 Å². The third kappa shape index (κ3) is 1.42. The molecule has 1 heterocycles. The van der Waals surface area contributed by atoms with Crippen molar-refractivity contribution in [1.29, 1.82) is 0 Å². The van der Waals surface area contributed by atoms with E-state index in [0.717, 1.165) is 4.58 Å². The van der Waals surface area contributed by atoms with Gasteiger partial charge in [0.2, 0.25) is 5.71 Å². The summed E-state index contributed by atoms with van der Waals surface area (Å²) in [6.07, 6.45) is 3.01. The number of carbonyl (C=O) groups is 2. The number of amides is 1. The predicted octanol–water partition coefficient (Wildman–Crippen LogP) is 0.0931. The Labute approximate surface area is 89.5 Å². The van der Waals surface area contributed by atoms with Crippen molar-refractivity contribution >= 4 is 17.8 Å². The molecule has 0 aromatic carbocycles. The number of nitro groups is 1. The molecule has 1 unspecified atom stereocenters. The maximum absolute atomic E-state index is 11.4. The summed E-state index contributed by atoms with van der Waals surface area (Å²) in [7, 11) is 1.44. The summed E-state index contributed by atoms with van der Waals surface area (Å²) in [5, 5.41) is 10.5. The minimum Gasteiger partial charge on any atom is -0.336 e. The molecule has 0 saturated carbocycles. The van der Waals surface area contributed by atoms with Gasteiger partial charge in [0.15, 0.2) is 5.92 Å². The number of esters is 1. The molecular weight excluding hydrogens is 216 g/mol. The van der Waals surface area contributed by atoms with Gasteiger partial charge in [-0.3, -0.25) is 14.9 Å². The van der Waals surface area contributed by atoms with Gasteiger partial charge >= 0.3 is 12.1 Å². The Bertz CT molecular complexity index is 500. The Morgan fingerprint density at radius 1 is 1.44 bits per heavy atom. The van der Waals surface area contributed by atoms with Gasteiger partial charge in [0.25, 0.3) is 5.70 Å². The summed E-state index contributed by atoms with van der Waals surface area (Å²) in [5.41, 5.74) is 0.195. The second-order valence-electron chi connectivity index (χ2n) is 3.33. The monoisotopic (exact) mass is 223 g/mol. The molecule has 2 rings (SSSR count). The van der Waals surface area contributed by atoms with Crippen LogP contribution in [0.5, 0.6) is 0 Å². The number of fused-ring (bicyclic) bond motifs is 1. The maximum atomic E-state index is 11.4. The van der Waals surface area contributed by atoms with Gasteiger partial charge in [-0.15, -0.1) is 4.58 Å². The smallest absolute Gasteiger partial charge is 0.336 e. The lowest BCUT2D eigenvalue weighted by Crippen LogP contribution is -2.42. The largest absolute Gasteiger partial charge is 0.604 e. The second-order valence-corrected chi connectivity index (χ2v) is 3.33. The molecule has 0 spiro atoms. The van der Waals surface area contributed by atoms with E-state index in [-0.39, 0.29) is 5.70 Å². The van der Waals surface area contributed by atoms with Gasteiger partial charge < -0.3 is 4.74 Å². The summed E-state index contributed by atoms with van der Waals surface area (Å²) in [6, 6.07) is 0. The molecule has 1 atom stereocenters. The average Bonchev–Trinajstić information content (AvgIpc) is 2.25. The molecule has 1 aliphatic heterocycles. The minimum absolute atomic E-state index is 0.187. The fraction of sp³-hybridized carbons (Fsp3) is 0.222. The fourth-order valence-corrected chi connectivity index (χ4v) is 1.54. The van der Waals surface area contributed by atoms with Crippen LogP contribution in [0.15, 0.2) is 23.9 Å². The van der Waals surface area contributed by atoms with Gasteiger partial charge in [-0.05, 0) is 0 Å². The molecular formula is C9H7N2O5+. The lowest BCUT2D eigenvalue weighted by molar-refractivity contribution is -0.423. The Hall–Kier alpha value is -2.31. The molecule has 1 aliphatic carbocycles. The minimum atomic E-state index is -0.881. The Kier molecular flexibility index (Phi) is 2.15. The molecule has 0 saturated heterocycles. The highest BCUT2D eigenvalue weighted by Gasteiger charge is 2.43. The first kappa shape index (κ1) is 10.2. The summed E-state index contributed by atoms with van der Waals surface area (Å²) in [5.74, 6) is -1.67. The van der Waals surface area contributed by atoms with Crippen LogP contribution >= 0.6 is 0 Å². The van der Waals surface area contributed by atoms with Gasteiger partial charge in [0.05, 0.1) is 4.92 Å². The van der Waals surface area contributed by atoms with Crippen LogP contribution in [-0.4, -0.2) is 34.3 Å². The van der Waals surface area contributed by atoms with Crippen LogP contribution in [0.2, 0.25) is 0 Å². The summed E-state index contributed by atoms with van der Waals surface area (Å²) >= 11 is 0. The topological polar surface area (TPSA) is 89.5 Å². The second kappa shape index (κ2) is 3.37. The molecule has 16 heavy (non-hydrogen) atoms. The van der Waals surface area contributed by atoms with Crippen molar-refractivity contribution in [3.05, 3.63) is 34.0 Å². The van der Waals surface area contributed by atoms with Crippen LogP contribution in [0, 0.1) is 16.0 Å². The molecule has 82 valence electrons. The molecule has 0 N–H and O–H groups in total. The number of hydrogen-bond acceptors (Lipinski definition) is 5. The maximum Gasteiger partial charge on any atom is 0.604 e. The number of cyclic esters (lactones) is 2. The molecule has 0 aromatic rings. The highest BCUT2D eigenvalue weighted by atomic mass is 16.6.